The third-order valence-electron chi connectivity index (χ3n) is 7.33. The van der Waals surface area contributed by atoms with E-state index >= 15 is 0 Å². The van der Waals surface area contributed by atoms with Crippen molar-refractivity contribution in [3.8, 4) is 5.75 Å². The van der Waals surface area contributed by atoms with Crippen LogP contribution in [0.2, 0.25) is 0 Å². The molecule has 11 nitrogen and oxygen atoms in total. The van der Waals surface area contributed by atoms with Crippen molar-refractivity contribution in [3.63, 3.8) is 0 Å². The van der Waals surface area contributed by atoms with Crippen molar-refractivity contribution < 1.29 is 38.1 Å². The van der Waals surface area contributed by atoms with E-state index in [1.165, 1.54) is 12.0 Å². The maximum absolute atomic E-state index is 13.8. The summed E-state index contributed by atoms with van der Waals surface area (Å²) in [5, 5.41) is 2.69. The molecule has 218 valence electrons. The third kappa shape index (κ3) is 7.05. The molecule has 3 heterocycles. The molecule has 0 radical (unpaired) electrons. The van der Waals surface area contributed by atoms with Gasteiger partial charge >= 0.3 is 18.2 Å². The molecule has 1 aromatic rings. The molecule has 0 aromatic heterocycles. The number of carbonyl (C=O) groups is 4. The minimum absolute atomic E-state index is 0.000571. The van der Waals surface area contributed by atoms with Crippen molar-refractivity contribution in [3.05, 3.63) is 41.5 Å². The van der Waals surface area contributed by atoms with Crippen LogP contribution in [0.5, 0.6) is 5.75 Å². The van der Waals surface area contributed by atoms with Crippen LogP contribution in [0.3, 0.4) is 0 Å². The Morgan fingerprint density at radius 1 is 1.05 bits per heavy atom. The van der Waals surface area contributed by atoms with E-state index in [1.54, 1.807) is 4.90 Å². The number of cyclic esters (lactones) is 1. The van der Waals surface area contributed by atoms with E-state index in [0.29, 0.717) is 26.1 Å². The molecule has 1 aromatic carbocycles. The van der Waals surface area contributed by atoms with Crippen LogP contribution in [0.15, 0.2) is 30.4 Å². The van der Waals surface area contributed by atoms with E-state index < -0.39 is 47.7 Å². The summed E-state index contributed by atoms with van der Waals surface area (Å²) in [7, 11) is 1.25. The number of fused-ring (bicyclic) bond motifs is 4. The van der Waals surface area contributed by atoms with Crippen molar-refractivity contribution >= 4 is 24.1 Å². The Kier molecular flexibility index (Phi) is 9.21. The number of hydrogen-bond acceptors (Lipinski definition) is 8. The number of rotatable bonds is 1. The minimum Gasteiger partial charge on any atom is -0.490 e. The Balaban J connectivity index is 1.55. The van der Waals surface area contributed by atoms with Crippen molar-refractivity contribution in [2.24, 2.45) is 5.41 Å². The van der Waals surface area contributed by atoms with Crippen molar-refractivity contribution in [1.29, 1.82) is 0 Å². The number of alkyl carbamates (subject to hydrolysis) is 1. The number of methoxy groups -OCH3 is 1. The van der Waals surface area contributed by atoms with Crippen molar-refractivity contribution in [2.75, 3.05) is 26.9 Å². The van der Waals surface area contributed by atoms with Gasteiger partial charge in [-0.15, -0.1) is 0 Å². The van der Waals surface area contributed by atoms with Crippen LogP contribution in [0.25, 0.3) is 0 Å². The highest BCUT2D eigenvalue weighted by Gasteiger charge is 2.47. The van der Waals surface area contributed by atoms with Gasteiger partial charge in [0.05, 0.1) is 20.3 Å². The number of carbonyl (C=O) groups excluding carboxylic acids is 4. The zero-order chi connectivity index (χ0) is 28.9. The normalized spacial score (nSPS) is 25.5. The average Bonchev–Trinajstić information content (AvgIpc) is 3.53. The van der Waals surface area contributed by atoms with Gasteiger partial charge in [-0.25, -0.2) is 14.4 Å². The Bertz CT molecular complexity index is 1140. The second kappa shape index (κ2) is 12.6. The van der Waals surface area contributed by atoms with Crippen molar-refractivity contribution in [2.45, 2.75) is 77.7 Å². The molecular formula is C29H39N3O8. The fourth-order valence-corrected chi connectivity index (χ4v) is 5.13. The van der Waals surface area contributed by atoms with Gasteiger partial charge < -0.3 is 29.2 Å². The number of nitrogens with zero attached hydrogens (tertiary/aromatic N) is 2. The van der Waals surface area contributed by atoms with E-state index in [0.717, 1.165) is 29.7 Å². The number of ether oxygens (including phenoxy) is 4. The number of amides is 3. The number of esters is 1. The third-order valence-corrected chi connectivity index (χ3v) is 7.33. The van der Waals surface area contributed by atoms with E-state index in [-0.39, 0.29) is 19.6 Å². The Morgan fingerprint density at radius 3 is 2.58 bits per heavy atom. The first kappa shape index (κ1) is 29.2. The molecule has 0 saturated carbocycles. The Hall–Kier alpha value is -3.76. The van der Waals surface area contributed by atoms with Gasteiger partial charge in [0.25, 0.3) is 0 Å². The summed E-state index contributed by atoms with van der Waals surface area (Å²) in [6.45, 7) is 6.84. The quantitative estimate of drug-likeness (QED) is 0.316. The van der Waals surface area contributed by atoms with Crippen LogP contribution in [0, 0.1) is 5.41 Å². The molecule has 3 atom stereocenters. The SMILES string of the molecule is COC(=O)C1C[C@@H]2CN1C(=O)[C@H](C(C)(C)C)NC(=O)OCCCC/C=C/COc1ccc3c(c1)CN(C3)C(=O)O2. The van der Waals surface area contributed by atoms with E-state index in [2.05, 4.69) is 5.32 Å². The highest BCUT2D eigenvalue weighted by molar-refractivity contribution is 5.91. The molecule has 1 unspecified atom stereocenters. The molecule has 11 heteroatoms. The number of benzene rings is 1. The summed E-state index contributed by atoms with van der Waals surface area (Å²) in [4.78, 5) is 55.0. The molecule has 4 rings (SSSR count). The van der Waals surface area contributed by atoms with Gasteiger partial charge in [0.2, 0.25) is 5.91 Å². The molecule has 1 N–H and O–H groups in total. The van der Waals surface area contributed by atoms with E-state index in [1.807, 2.05) is 51.1 Å². The average molecular weight is 558 g/mol. The first-order valence-corrected chi connectivity index (χ1v) is 13.7. The first-order chi connectivity index (χ1) is 19.1. The topological polar surface area (TPSA) is 124 Å². The van der Waals surface area contributed by atoms with Crippen molar-refractivity contribution in [1.82, 2.24) is 15.1 Å². The first-order valence-electron chi connectivity index (χ1n) is 13.7. The van der Waals surface area contributed by atoms with Crippen LogP contribution in [-0.4, -0.2) is 78.9 Å². The lowest BCUT2D eigenvalue weighted by molar-refractivity contribution is -0.152. The van der Waals surface area contributed by atoms with Crippen LogP contribution < -0.4 is 10.1 Å². The summed E-state index contributed by atoms with van der Waals surface area (Å²) >= 11 is 0. The highest BCUT2D eigenvalue weighted by atomic mass is 16.6. The Labute approximate surface area is 234 Å². The molecular weight excluding hydrogens is 518 g/mol. The van der Waals surface area contributed by atoms with Crippen LogP contribution in [0.4, 0.5) is 9.59 Å². The van der Waals surface area contributed by atoms with Gasteiger partial charge in [-0.2, -0.15) is 0 Å². The lowest BCUT2D eigenvalue weighted by Gasteiger charge is -2.34. The molecule has 0 aliphatic carbocycles. The molecule has 3 aliphatic rings. The van der Waals surface area contributed by atoms with Gasteiger partial charge in [-0.05, 0) is 47.9 Å². The van der Waals surface area contributed by atoms with Crippen LogP contribution in [0.1, 0.15) is 57.6 Å². The highest BCUT2D eigenvalue weighted by Crippen LogP contribution is 2.30. The summed E-state index contributed by atoms with van der Waals surface area (Å²) in [5.74, 6) is -0.363. The van der Waals surface area contributed by atoms with Gasteiger partial charge in [0, 0.05) is 19.5 Å². The number of hydrogen-bond donors (Lipinski definition) is 1. The molecule has 3 aliphatic heterocycles. The second-order valence-corrected chi connectivity index (χ2v) is 11.4. The summed E-state index contributed by atoms with van der Waals surface area (Å²) in [6.07, 6.45) is 4.41. The predicted octanol–water partition coefficient (Wildman–Crippen LogP) is 3.54. The van der Waals surface area contributed by atoms with Crippen LogP contribution in [-0.2, 0) is 36.9 Å². The lowest BCUT2D eigenvalue weighted by Crippen LogP contribution is -2.57. The zero-order valence-electron chi connectivity index (χ0n) is 23.6. The minimum atomic E-state index is -0.978. The fourth-order valence-electron chi connectivity index (χ4n) is 5.13. The van der Waals surface area contributed by atoms with Crippen LogP contribution >= 0.6 is 0 Å². The summed E-state index contributed by atoms with van der Waals surface area (Å²) in [6, 6.07) is 3.84. The largest absolute Gasteiger partial charge is 0.490 e. The van der Waals surface area contributed by atoms with Gasteiger partial charge in [-0.1, -0.05) is 39.0 Å². The maximum Gasteiger partial charge on any atom is 0.410 e. The fraction of sp³-hybridized carbons (Fsp3) is 0.586. The molecule has 0 spiro atoms. The number of allylic oxidation sites excluding steroid dienone is 1. The Morgan fingerprint density at radius 2 is 1.82 bits per heavy atom. The van der Waals surface area contributed by atoms with Gasteiger partial charge in [0.15, 0.2) is 0 Å². The number of nitrogens with one attached hydrogen (secondary N) is 1. The molecule has 5 bridgehead atoms. The summed E-state index contributed by atoms with van der Waals surface area (Å²) < 4.78 is 21.9. The van der Waals surface area contributed by atoms with E-state index in [4.69, 9.17) is 18.9 Å². The maximum atomic E-state index is 13.8. The molecule has 3 amide bonds. The monoisotopic (exact) mass is 557 g/mol. The predicted molar refractivity (Wildman–Crippen MR) is 144 cm³/mol. The second-order valence-electron chi connectivity index (χ2n) is 11.4. The van der Waals surface area contributed by atoms with E-state index in [9.17, 15) is 19.2 Å². The lowest BCUT2D eigenvalue weighted by atomic mass is 9.85. The van der Waals surface area contributed by atoms with Gasteiger partial charge in [-0.3, -0.25) is 9.69 Å². The molecule has 40 heavy (non-hydrogen) atoms. The summed E-state index contributed by atoms with van der Waals surface area (Å²) in [5.41, 5.74) is 1.30. The smallest absolute Gasteiger partial charge is 0.410 e. The zero-order valence-corrected chi connectivity index (χ0v) is 23.6. The van der Waals surface area contributed by atoms with Gasteiger partial charge in [0.1, 0.15) is 30.5 Å². The standard InChI is InChI=1S/C29H39N3O8/c1-29(2,3)24-25(33)32-18-22(15-23(32)26(34)37-4)40-28(36)31-16-19-10-11-21(14-20(19)17-31)38-12-8-6-5-7-9-13-39-27(35)30-24/h6,8,10-11,14,22-24H,5,7,9,12-13,15-18H2,1-4H3,(H,30,35)/b8-6+/t22-,23?,24-/m1/s1. The molecule has 1 fully saturated rings. The molecule has 1 saturated heterocycles.